The molecule has 22 heavy (non-hydrogen) atoms. The third kappa shape index (κ3) is 3.27. The molecule has 0 bridgehead atoms. The molecule has 1 aromatic rings. The van der Waals surface area contributed by atoms with Gasteiger partial charge in [0.2, 0.25) is 0 Å². The number of carbonyl (C=O) groups is 1. The summed E-state index contributed by atoms with van der Waals surface area (Å²) in [5.74, 6) is 0.650. The van der Waals surface area contributed by atoms with Crippen molar-refractivity contribution in [3.63, 3.8) is 0 Å². The van der Waals surface area contributed by atoms with Crippen LogP contribution in [0, 0.1) is 5.92 Å². The standard InChI is InChI=1S/C18H26N2O2/c1-14(2)11-16-9-6-10-19(16)20-17(13-22-18(20)21)12-15-7-4-3-5-8-15/h3-5,7-8,14,16-17H,6,9-13H2,1-2H3. The van der Waals surface area contributed by atoms with Gasteiger partial charge in [0.25, 0.3) is 0 Å². The van der Waals surface area contributed by atoms with Crippen LogP contribution in [0.1, 0.15) is 38.7 Å². The number of nitrogens with zero attached hydrogens (tertiary/aromatic N) is 2. The van der Waals surface area contributed by atoms with Crippen molar-refractivity contribution in [3.05, 3.63) is 35.9 Å². The van der Waals surface area contributed by atoms with E-state index in [1.807, 2.05) is 11.1 Å². The molecule has 0 saturated carbocycles. The van der Waals surface area contributed by atoms with Crippen molar-refractivity contribution in [3.8, 4) is 0 Å². The normalized spacial score (nSPS) is 26.0. The average molecular weight is 302 g/mol. The molecule has 0 spiro atoms. The van der Waals surface area contributed by atoms with Crippen LogP contribution in [-0.2, 0) is 11.2 Å². The molecule has 3 rings (SSSR count). The zero-order valence-electron chi connectivity index (χ0n) is 13.6. The van der Waals surface area contributed by atoms with Crippen LogP contribution in [0.25, 0.3) is 0 Å². The van der Waals surface area contributed by atoms with Gasteiger partial charge in [0, 0.05) is 12.6 Å². The van der Waals surface area contributed by atoms with E-state index < -0.39 is 0 Å². The van der Waals surface area contributed by atoms with Gasteiger partial charge in [-0.25, -0.2) is 14.8 Å². The van der Waals surface area contributed by atoms with Crippen molar-refractivity contribution in [2.45, 2.75) is 51.6 Å². The van der Waals surface area contributed by atoms with E-state index in [1.54, 1.807) is 0 Å². The summed E-state index contributed by atoms with van der Waals surface area (Å²) in [6.07, 6.45) is 4.18. The maximum atomic E-state index is 12.3. The van der Waals surface area contributed by atoms with Crippen LogP contribution in [0.5, 0.6) is 0 Å². The topological polar surface area (TPSA) is 32.8 Å². The van der Waals surface area contributed by atoms with Gasteiger partial charge in [-0.1, -0.05) is 44.2 Å². The molecule has 4 heteroatoms. The molecule has 0 aliphatic carbocycles. The van der Waals surface area contributed by atoms with Crippen molar-refractivity contribution in [2.24, 2.45) is 5.92 Å². The molecule has 1 aromatic carbocycles. The van der Waals surface area contributed by atoms with E-state index in [0.29, 0.717) is 18.6 Å². The van der Waals surface area contributed by atoms with Gasteiger partial charge in [-0.3, -0.25) is 0 Å². The molecule has 2 saturated heterocycles. The summed E-state index contributed by atoms with van der Waals surface area (Å²) in [5.41, 5.74) is 1.26. The Morgan fingerprint density at radius 3 is 2.73 bits per heavy atom. The molecule has 2 unspecified atom stereocenters. The second-order valence-corrected chi connectivity index (χ2v) is 6.85. The molecule has 0 N–H and O–H groups in total. The zero-order valence-corrected chi connectivity index (χ0v) is 13.6. The first-order valence-corrected chi connectivity index (χ1v) is 8.41. The first-order valence-electron chi connectivity index (χ1n) is 8.41. The molecule has 4 nitrogen and oxygen atoms in total. The summed E-state index contributed by atoms with van der Waals surface area (Å²) >= 11 is 0. The SMILES string of the molecule is CC(C)CC1CCCN1N1C(=O)OCC1Cc1ccccc1. The number of benzene rings is 1. The molecule has 2 aliphatic heterocycles. The third-order valence-electron chi connectivity index (χ3n) is 4.61. The van der Waals surface area contributed by atoms with Gasteiger partial charge in [-0.15, -0.1) is 0 Å². The number of ether oxygens (including phenoxy) is 1. The van der Waals surface area contributed by atoms with Crippen molar-refractivity contribution in [1.29, 1.82) is 0 Å². The van der Waals surface area contributed by atoms with Crippen LogP contribution in [0.2, 0.25) is 0 Å². The molecule has 0 radical (unpaired) electrons. The van der Waals surface area contributed by atoms with Crippen LogP contribution in [-0.4, -0.2) is 41.3 Å². The van der Waals surface area contributed by atoms with E-state index in [1.165, 1.54) is 18.4 Å². The molecule has 2 fully saturated rings. The number of hydrogen-bond donors (Lipinski definition) is 0. The van der Waals surface area contributed by atoms with Crippen LogP contribution in [0.15, 0.2) is 30.3 Å². The number of hydrogen-bond acceptors (Lipinski definition) is 3. The predicted molar refractivity (Wildman–Crippen MR) is 86.3 cm³/mol. The average Bonchev–Trinajstić information content (AvgIpc) is 3.06. The van der Waals surface area contributed by atoms with E-state index in [-0.39, 0.29) is 12.1 Å². The first-order chi connectivity index (χ1) is 10.6. The summed E-state index contributed by atoms with van der Waals surface area (Å²) in [4.78, 5) is 12.3. The van der Waals surface area contributed by atoms with Gasteiger partial charge in [-0.2, -0.15) is 0 Å². The minimum absolute atomic E-state index is 0.127. The lowest BCUT2D eigenvalue weighted by Gasteiger charge is -2.35. The lowest BCUT2D eigenvalue weighted by Crippen LogP contribution is -2.51. The summed E-state index contributed by atoms with van der Waals surface area (Å²) in [6.45, 7) is 5.97. The molecule has 120 valence electrons. The summed E-state index contributed by atoms with van der Waals surface area (Å²) in [7, 11) is 0. The first kappa shape index (κ1) is 15.3. The van der Waals surface area contributed by atoms with Crippen molar-refractivity contribution in [1.82, 2.24) is 10.0 Å². The highest BCUT2D eigenvalue weighted by atomic mass is 16.6. The Balaban J connectivity index is 1.73. The fraction of sp³-hybridized carbons (Fsp3) is 0.611. The van der Waals surface area contributed by atoms with Crippen LogP contribution >= 0.6 is 0 Å². The number of rotatable bonds is 5. The maximum absolute atomic E-state index is 12.3. The van der Waals surface area contributed by atoms with E-state index in [9.17, 15) is 4.79 Å². The lowest BCUT2D eigenvalue weighted by atomic mass is 10.0. The Morgan fingerprint density at radius 1 is 1.23 bits per heavy atom. The molecule has 2 aliphatic rings. The molecule has 2 heterocycles. The highest BCUT2D eigenvalue weighted by Crippen LogP contribution is 2.29. The highest BCUT2D eigenvalue weighted by Gasteiger charge is 2.41. The predicted octanol–water partition coefficient (Wildman–Crippen LogP) is 3.48. The number of cyclic esters (lactones) is 1. The summed E-state index contributed by atoms with van der Waals surface area (Å²) in [6, 6.07) is 11.0. The number of hydrazine groups is 1. The maximum Gasteiger partial charge on any atom is 0.424 e. The van der Waals surface area contributed by atoms with Gasteiger partial charge >= 0.3 is 6.09 Å². The van der Waals surface area contributed by atoms with Crippen molar-refractivity contribution < 1.29 is 9.53 Å². The van der Waals surface area contributed by atoms with Gasteiger partial charge < -0.3 is 4.74 Å². The van der Waals surface area contributed by atoms with Crippen molar-refractivity contribution >= 4 is 6.09 Å². The Bertz CT molecular complexity index is 503. The third-order valence-corrected chi connectivity index (χ3v) is 4.61. The minimum Gasteiger partial charge on any atom is -0.446 e. The number of amides is 1. The summed E-state index contributed by atoms with van der Waals surface area (Å²) in [5, 5.41) is 4.19. The molecular weight excluding hydrogens is 276 g/mol. The van der Waals surface area contributed by atoms with E-state index in [4.69, 9.17) is 4.74 Å². The Labute approximate surface area is 133 Å². The van der Waals surface area contributed by atoms with E-state index >= 15 is 0 Å². The highest BCUT2D eigenvalue weighted by molar-refractivity contribution is 5.69. The van der Waals surface area contributed by atoms with Crippen molar-refractivity contribution in [2.75, 3.05) is 13.2 Å². The quantitative estimate of drug-likeness (QED) is 0.835. The van der Waals surface area contributed by atoms with Gasteiger partial charge in [-0.05, 0) is 37.2 Å². The molecule has 2 atom stereocenters. The summed E-state index contributed by atoms with van der Waals surface area (Å²) < 4.78 is 5.36. The molecular formula is C18H26N2O2. The van der Waals surface area contributed by atoms with E-state index in [2.05, 4.69) is 43.1 Å². The monoisotopic (exact) mass is 302 g/mol. The second-order valence-electron chi connectivity index (χ2n) is 6.85. The number of carbonyl (C=O) groups excluding carboxylic acids is 1. The van der Waals surface area contributed by atoms with Gasteiger partial charge in [0.15, 0.2) is 0 Å². The lowest BCUT2D eigenvalue weighted by molar-refractivity contribution is -0.0183. The fourth-order valence-electron chi connectivity index (χ4n) is 3.69. The van der Waals surface area contributed by atoms with Crippen LogP contribution in [0.3, 0.4) is 0 Å². The minimum atomic E-state index is -0.170. The Kier molecular flexibility index (Phi) is 4.67. The smallest absolute Gasteiger partial charge is 0.424 e. The zero-order chi connectivity index (χ0) is 15.5. The fourth-order valence-corrected chi connectivity index (χ4v) is 3.69. The molecule has 0 aromatic heterocycles. The largest absolute Gasteiger partial charge is 0.446 e. The van der Waals surface area contributed by atoms with Crippen LogP contribution in [0.4, 0.5) is 4.79 Å². The van der Waals surface area contributed by atoms with E-state index in [0.717, 1.165) is 19.4 Å². The van der Waals surface area contributed by atoms with Crippen LogP contribution < -0.4 is 0 Å². The van der Waals surface area contributed by atoms with Gasteiger partial charge in [0.1, 0.15) is 6.61 Å². The van der Waals surface area contributed by atoms with Gasteiger partial charge in [0.05, 0.1) is 6.04 Å². The second kappa shape index (κ2) is 6.69. The Morgan fingerprint density at radius 2 is 2.00 bits per heavy atom. The Hall–Kier alpha value is -1.55. The molecule has 1 amide bonds.